The van der Waals surface area contributed by atoms with Crippen molar-refractivity contribution >= 4 is 11.3 Å². The Morgan fingerprint density at radius 1 is 1.27 bits per heavy atom. The van der Waals surface area contributed by atoms with Crippen molar-refractivity contribution in [2.75, 3.05) is 12.4 Å². The molecular formula is C14H17N. The smallest absolute Gasteiger partial charge is 0.0337 e. The van der Waals surface area contributed by atoms with Gasteiger partial charge >= 0.3 is 0 Å². The minimum Gasteiger partial charge on any atom is -0.388 e. The van der Waals surface area contributed by atoms with Gasteiger partial charge in [-0.05, 0) is 30.2 Å². The zero-order chi connectivity index (χ0) is 11.1. The van der Waals surface area contributed by atoms with Crippen molar-refractivity contribution in [1.82, 2.24) is 0 Å². The largest absolute Gasteiger partial charge is 0.388 e. The van der Waals surface area contributed by atoms with Crippen LogP contribution in [0.15, 0.2) is 55.1 Å². The van der Waals surface area contributed by atoms with Gasteiger partial charge in [0.05, 0.1) is 0 Å². The standard InChI is InChI=1S/C14H17N/c1-4-6-7-12(5-2)13-8-10-14(15-3)11-9-13/h4-11,15H,1H2,2-3H3/b7-6-,12-5+. The van der Waals surface area contributed by atoms with Crippen molar-refractivity contribution in [2.45, 2.75) is 6.92 Å². The molecule has 0 atom stereocenters. The van der Waals surface area contributed by atoms with Gasteiger partial charge in [0.1, 0.15) is 0 Å². The molecule has 0 aliphatic rings. The molecule has 1 aromatic rings. The van der Waals surface area contributed by atoms with E-state index in [4.69, 9.17) is 0 Å². The summed E-state index contributed by atoms with van der Waals surface area (Å²) in [5, 5.41) is 3.10. The van der Waals surface area contributed by atoms with Crippen molar-refractivity contribution < 1.29 is 0 Å². The third-order valence-electron chi connectivity index (χ3n) is 2.23. The molecule has 0 amide bonds. The first-order valence-electron chi connectivity index (χ1n) is 5.05. The normalized spacial score (nSPS) is 11.7. The van der Waals surface area contributed by atoms with Crippen LogP contribution in [0.2, 0.25) is 0 Å². The van der Waals surface area contributed by atoms with Gasteiger partial charge < -0.3 is 5.32 Å². The minimum atomic E-state index is 1.13. The van der Waals surface area contributed by atoms with Gasteiger partial charge in [0.15, 0.2) is 0 Å². The maximum Gasteiger partial charge on any atom is 0.0337 e. The van der Waals surface area contributed by atoms with E-state index in [0.29, 0.717) is 0 Å². The summed E-state index contributed by atoms with van der Waals surface area (Å²) in [4.78, 5) is 0. The first-order chi connectivity index (χ1) is 7.31. The second-order valence-electron chi connectivity index (χ2n) is 3.17. The van der Waals surface area contributed by atoms with Crippen LogP contribution < -0.4 is 5.32 Å². The van der Waals surface area contributed by atoms with E-state index in [-0.39, 0.29) is 0 Å². The molecule has 15 heavy (non-hydrogen) atoms. The van der Waals surface area contributed by atoms with Crippen LogP contribution >= 0.6 is 0 Å². The molecule has 0 heterocycles. The van der Waals surface area contributed by atoms with Crippen molar-refractivity contribution in [1.29, 1.82) is 0 Å². The van der Waals surface area contributed by atoms with E-state index >= 15 is 0 Å². The van der Waals surface area contributed by atoms with Gasteiger partial charge in [-0.3, -0.25) is 0 Å². The van der Waals surface area contributed by atoms with E-state index in [9.17, 15) is 0 Å². The van der Waals surface area contributed by atoms with Gasteiger partial charge in [-0.2, -0.15) is 0 Å². The number of hydrogen-bond acceptors (Lipinski definition) is 1. The van der Waals surface area contributed by atoms with Crippen LogP contribution in [-0.4, -0.2) is 7.05 Å². The third-order valence-corrected chi connectivity index (χ3v) is 2.23. The number of nitrogens with one attached hydrogen (secondary N) is 1. The Hall–Kier alpha value is -1.76. The molecular weight excluding hydrogens is 182 g/mol. The number of rotatable bonds is 4. The molecule has 1 heteroatoms. The predicted octanol–water partition coefficient (Wildman–Crippen LogP) is 3.87. The molecule has 1 N–H and O–H groups in total. The summed E-state index contributed by atoms with van der Waals surface area (Å²) in [7, 11) is 1.92. The zero-order valence-electron chi connectivity index (χ0n) is 9.33. The van der Waals surface area contributed by atoms with E-state index in [2.05, 4.69) is 48.3 Å². The lowest BCUT2D eigenvalue weighted by molar-refractivity contribution is 1.49. The molecule has 78 valence electrons. The molecule has 1 rings (SSSR count). The zero-order valence-corrected chi connectivity index (χ0v) is 9.33. The van der Waals surface area contributed by atoms with Crippen LogP contribution in [-0.2, 0) is 0 Å². The summed E-state index contributed by atoms with van der Waals surface area (Å²) in [6, 6.07) is 8.35. The first-order valence-corrected chi connectivity index (χ1v) is 5.05. The Morgan fingerprint density at radius 3 is 2.40 bits per heavy atom. The lowest BCUT2D eigenvalue weighted by Gasteiger charge is -2.04. The van der Waals surface area contributed by atoms with Crippen LogP contribution in [0.25, 0.3) is 5.57 Å². The summed E-state index contributed by atoms with van der Waals surface area (Å²) in [6.07, 6.45) is 7.88. The van der Waals surface area contributed by atoms with Crippen molar-refractivity contribution in [2.24, 2.45) is 0 Å². The van der Waals surface area contributed by atoms with E-state index in [1.54, 1.807) is 6.08 Å². The summed E-state index contributed by atoms with van der Waals surface area (Å²) < 4.78 is 0. The van der Waals surface area contributed by atoms with Gasteiger partial charge in [-0.1, -0.05) is 43.0 Å². The van der Waals surface area contributed by atoms with Crippen molar-refractivity contribution in [3.8, 4) is 0 Å². The Bertz CT molecular complexity index is 369. The average Bonchev–Trinajstić information content (AvgIpc) is 2.31. The summed E-state index contributed by atoms with van der Waals surface area (Å²) in [5.74, 6) is 0. The molecule has 0 bridgehead atoms. The van der Waals surface area contributed by atoms with Crippen LogP contribution in [0, 0.1) is 0 Å². The van der Waals surface area contributed by atoms with Gasteiger partial charge in [-0.15, -0.1) is 0 Å². The molecule has 0 aromatic heterocycles. The molecule has 0 saturated heterocycles. The maximum atomic E-state index is 3.66. The topological polar surface area (TPSA) is 12.0 Å². The monoisotopic (exact) mass is 199 g/mol. The van der Waals surface area contributed by atoms with E-state index in [0.717, 1.165) is 5.69 Å². The first kappa shape index (κ1) is 11.3. The average molecular weight is 199 g/mol. The molecule has 0 unspecified atom stereocenters. The highest BCUT2D eigenvalue weighted by molar-refractivity contribution is 5.74. The number of anilines is 1. The van der Waals surface area contributed by atoms with Gasteiger partial charge in [-0.25, -0.2) is 0 Å². The molecule has 0 aliphatic heterocycles. The van der Waals surface area contributed by atoms with Crippen LogP contribution in [0.5, 0.6) is 0 Å². The SMILES string of the molecule is C=C/C=C\C(=C/C)c1ccc(NC)cc1. The number of allylic oxidation sites excluding steroid dienone is 5. The maximum absolute atomic E-state index is 3.66. The van der Waals surface area contributed by atoms with Crippen LogP contribution in [0.4, 0.5) is 5.69 Å². The van der Waals surface area contributed by atoms with Gasteiger partial charge in [0.2, 0.25) is 0 Å². The molecule has 0 fully saturated rings. The molecule has 0 saturated carbocycles. The molecule has 0 spiro atoms. The molecule has 1 nitrogen and oxygen atoms in total. The van der Waals surface area contributed by atoms with Crippen LogP contribution in [0.1, 0.15) is 12.5 Å². The Morgan fingerprint density at radius 2 is 1.93 bits per heavy atom. The minimum absolute atomic E-state index is 1.13. The van der Waals surface area contributed by atoms with Crippen molar-refractivity contribution in [3.05, 3.63) is 60.7 Å². The van der Waals surface area contributed by atoms with Gasteiger partial charge in [0, 0.05) is 12.7 Å². The Labute approximate surface area is 91.8 Å². The highest BCUT2D eigenvalue weighted by Crippen LogP contribution is 2.18. The third kappa shape index (κ3) is 3.13. The quantitative estimate of drug-likeness (QED) is 0.726. The predicted molar refractivity (Wildman–Crippen MR) is 69.0 cm³/mol. The van der Waals surface area contributed by atoms with E-state index in [1.807, 2.05) is 20.0 Å². The lowest BCUT2D eigenvalue weighted by atomic mass is 10.0. The fourth-order valence-electron chi connectivity index (χ4n) is 1.36. The number of hydrogen-bond donors (Lipinski definition) is 1. The molecule has 0 radical (unpaired) electrons. The Balaban J connectivity index is 2.93. The highest BCUT2D eigenvalue weighted by atomic mass is 14.8. The summed E-state index contributed by atoms with van der Waals surface area (Å²) in [5.41, 5.74) is 3.55. The summed E-state index contributed by atoms with van der Waals surface area (Å²) >= 11 is 0. The van der Waals surface area contributed by atoms with E-state index in [1.165, 1.54) is 11.1 Å². The highest BCUT2D eigenvalue weighted by Gasteiger charge is 1.95. The second kappa shape index (κ2) is 5.86. The lowest BCUT2D eigenvalue weighted by Crippen LogP contribution is -1.87. The second-order valence-corrected chi connectivity index (χ2v) is 3.17. The van der Waals surface area contributed by atoms with Crippen molar-refractivity contribution in [3.63, 3.8) is 0 Å². The fourth-order valence-corrected chi connectivity index (χ4v) is 1.36. The molecule has 0 aliphatic carbocycles. The fraction of sp³-hybridized carbons (Fsp3) is 0.143. The van der Waals surface area contributed by atoms with E-state index < -0.39 is 0 Å². The summed E-state index contributed by atoms with van der Waals surface area (Å²) in [6.45, 7) is 5.70. The van der Waals surface area contributed by atoms with Gasteiger partial charge in [0.25, 0.3) is 0 Å². The number of benzene rings is 1. The molecule has 1 aromatic carbocycles. The van der Waals surface area contributed by atoms with Crippen LogP contribution in [0.3, 0.4) is 0 Å². The Kier molecular flexibility index (Phi) is 4.42.